The normalized spacial score (nSPS) is 11.6. The minimum Gasteiger partial charge on any atom is -0.322 e. The van der Waals surface area contributed by atoms with Gasteiger partial charge in [-0.2, -0.15) is 0 Å². The topological polar surface area (TPSA) is 151 Å². The fourth-order valence-electron chi connectivity index (χ4n) is 4.27. The highest BCUT2D eigenvalue weighted by Gasteiger charge is 2.36. The van der Waals surface area contributed by atoms with Crippen LogP contribution < -0.4 is 0 Å². The molecule has 0 fully saturated rings. The van der Waals surface area contributed by atoms with Gasteiger partial charge in [-0.15, -0.1) is 6.58 Å². The number of benzene rings is 3. The smallest absolute Gasteiger partial charge is 0.275 e. The van der Waals surface area contributed by atoms with Gasteiger partial charge in [-0.3, -0.25) is 30.3 Å². The number of nitro groups is 3. The Morgan fingerprint density at radius 3 is 1.53 bits per heavy atom. The summed E-state index contributed by atoms with van der Waals surface area (Å²) in [6.45, 7) is 17.3. The van der Waals surface area contributed by atoms with Gasteiger partial charge in [0.15, 0.2) is 0 Å². The van der Waals surface area contributed by atoms with Gasteiger partial charge in [-0.25, -0.2) is 4.67 Å². The van der Waals surface area contributed by atoms with Gasteiger partial charge in [-0.1, -0.05) is 54.6 Å². The van der Waals surface area contributed by atoms with Gasteiger partial charge < -0.3 is 9.05 Å². The molecule has 3 aromatic carbocycles. The van der Waals surface area contributed by atoms with E-state index >= 15 is 0 Å². The molecule has 0 aliphatic rings. The Morgan fingerprint density at radius 2 is 1.17 bits per heavy atom. The van der Waals surface area contributed by atoms with Gasteiger partial charge in [0.2, 0.25) is 0 Å². The zero-order valence-corrected chi connectivity index (χ0v) is 28.9. The van der Waals surface area contributed by atoms with Gasteiger partial charge in [0.05, 0.1) is 32.5 Å². The molecule has 0 aromatic heterocycles. The molecule has 254 valence electrons. The maximum absolute atomic E-state index is 11.9. The van der Waals surface area contributed by atoms with E-state index in [9.17, 15) is 30.3 Å². The van der Waals surface area contributed by atoms with E-state index in [0.29, 0.717) is 6.42 Å². The third-order valence-electron chi connectivity index (χ3n) is 6.35. The Kier molecular flexibility index (Phi) is 18.6. The molecule has 12 nitrogen and oxygen atoms in total. The van der Waals surface area contributed by atoms with Crippen molar-refractivity contribution < 1.29 is 23.8 Å². The van der Waals surface area contributed by atoms with Crippen LogP contribution in [0.4, 0.5) is 17.1 Å². The lowest BCUT2D eigenvalue weighted by molar-refractivity contribution is -0.387. The van der Waals surface area contributed by atoms with Crippen LogP contribution in [0.1, 0.15) is 71.3 Å². The SMILES string of the molecule is C/C=C\C.C=CC.CC(C)N(C(C)C)P(OCCc1ccc([N+](=O)[O-])cc1)OC(c1ccccc1[N+](=O)[O-])c1ccccc1[N+](=O)[O-]. The van der Waals surface area contributed by atoms with Crippen molar-refractivity contribution >= 4 is 25.6 Å². The second-order valence-corrected chi connectivity index (χ2v) is 11.9. The molecule has 1 atom stereocenters. The van der Waals surface area contributed by atoms with Crippen molar-refractivity contribution in [3.05, 3.63) is 145 Å². The molecular weight excluding hydrogens is 623 g/mol. The predicted octanol–water partition coefficient (Wildman–Crippen LogP) is 9.90. The van der Waals surface area contributed by atoms with Crippen LogP contribution in [0.2, 0.25) is 0 Å². The molecule has 0 heterocycles. The van der Waals surface area contributed by atoms with E-state index in [2.05, 4.69) is 6.58 Å². The minimum atomic E-state index is -1.89. The Labute approximate surface area is 278 Å². The summed E-state index contributed by atoms with van der Waals surface area (Å²) in [7, 11) is -1.89. The molecule has 0 aliphatic heterocycles. The molecule has 0 aliphatic carbocycles. The summed E-state index contributed by atoms with van der Waals surface area (Å²) >= 11 is 0. The van der Waals surface area contributed by atoms with Gasteiger partial charge in [0, 0.05) is 36.3 Å². The van der Waals surface area contributed by atoms with E-state index in [0.717, 1.165) is 5.56 Å². The highest BCUT2D eigenvalue weighted by Crippen LogP contribution is 2.53. The van der Waals surface area contributed by atoms with Crippen molar-refractivity contribution in [2.75, 3.05) is 6.61 Å². The number of hydrogen-bond acceptors (Lipinski definition) is 9. The van der Waals surface area contributed by atoms with E-state index < -0.39 is 29.4 Å². The highest BCUT2D eigenvalue weighted by molar-refractivity contribution is 7.44. The fraction of sp³-hybridized carbons (Fsp3) is 0.353. The van der Waals surface area contributed by atoms with E-state index in [4.69, 9.17) is 9.05 Å². The first-order valence-corrected chi connectivity index (χ1v) is 16.2. The fourth-order valence-corrected chi connectivity index (χ4v) is 5.99. The van der Waals surface area contributed by atoms with Crippen LogP contribution in [0.15, 0.2) is 97.6 Å². The third-order valence-corrected chi connectivity index (χ3v) is 8.44. The first-order chi connectivity index (χ1) is 22.3. The lowest BCUT2D eigenvalue weighted by Crippen LogP contribution is -2.34. The Balaban J connectivity index is 0.00000144. The molecule has 13 heteroatoms. The van der Waals surface area contributed by atoms with Crippen molar-refractivity contribution in [3.63, 3.8) is 0 Å². The Hall–Kier alpha value is -4.35. The van der Waals surface area contributed by atoms with Crippen LogP contribution >= 0.6 is 8.53 Å². The van der Waals surface area contributed by atoms with Crippen LogP contribution in [-0.2, 0) is 15.5 Å². The lowest BCUT2D eigenvalue weighted by atomic mass is 9.98. The first-order valence-electron chi connectivity index (χ1n) is 15.1. The molecule has 47 heavy (non-hydrogen) atoms. The summed E-state index contributed by atoms with van der Waals surface area (Å²) in [4.78, 5) is 33.3. The second kappa shape index (κ2) is 21.4. The molecule has 0 spiro atoms. The summed E-state index contributed by atoms with van der Waals surface area (Å²) < 4.78 is 14.8. The first kappa shape index (κ1) is 40.7. The Bertz CT molecular complexity index is 1390. The summed E-state index contributed by atoms with van der Waals surface area (Å²) in [5.41, 5.74) is 0.675. The second-order valence-electron chi connectivity index (χ2n) is 10.5. The van der Waals surface area contributed by atoms with Crippen molar-refractivity contribution in [2.24, 2.45) is 0 Å². The molecule has 1 unspecified atom stereocenters. The lowest BCUT2D eigenvalue weighted by Gasteiger charge is -2.37. The van der Waals surface area contributed by atoms with Gasteiger partial charge >= 0.3 is 0 Å². The molecule has 0 amide bonds. The third kappa shape index (κ3) is 13.1. The maximum atomic E-state index is 11.9. The number of non-ortho nitro benzene ring substituents is 1. The van der Waals surface area contributed by atoms with Crippen molar-refractivity contribution in [1.29, 1.82) is 0 Å². The number of rotatable bonds is 14. The van der Waals surface area contributed by atoms with Crippen LogP contribution in [-0.4, -0.2) is 38.1 Å². The average Bonchev–Trinajstić information content (AvgIpc) is 3.03. The van der Waals surface area contributed by atoms with Gasteiger partial charge in [0.1, 0.15) is 6.10 Å². The zero-order valence-electron chi connectivity index (χ0n) is 28.0. The molecule has 0 N–H and O–H groups in total. The van der Waals surface area contributed by atoms with E-state index in [-0.39, 0.29) is 46.9 Å². The van der Waals surface area contributed by atoms with E-state index in [1.807, 2.05) is 65.3 Å². The molecular formula is C34H45N4O8P. The minimum absolute atomic E-state index is 0.0159. The van der Waals surface area contributed by atoms with Crippen molar-refractivity contribution in [3.8, 4) is 0 Å². The summed E-state index contributed by atoms with van der Waals surface area (Å²) in [5, 5.41) is 34.9. The standard InChI is InChI=1S/C27H31N4O8P.C4H8.C3H6/c1-19(2)28(20(3)4)40(38-18-17-21-13-15-22(16-14-21)29(32)33)39-27(23-9-5-7-11-25(23)30(34)35)24-10-6-8-12-26(24)31(36)37;1-3-4-2;1-3-2/h5-16,19-20,27H,17-18H2,1-4H3;3-4H,1-2H3;3H,1H2,2H3/b;4-3-;. The molecule has 3 aromatic rings. The quantitative estimate of drug-likeness (QED) is 0.0707. The summed E-state index contributed by atoms with van der Waals surface area (Å²) in [6, 6.07) is 18.0. The van der Waals surface area contributed by atoms with E-state index in [1.54, 1.807) is 30.3 Å². The van der Waals surface area contributed by atoms with Gasteiger partial charge in [0.25, 0.3) is 25.6 Å². The van der Waals surface area contributed by atoms with Crippen LogP contribution in [0.3, 0.4) is 0 Å². The number of hydrogen-bond donors (Lipinski definition) is 0. The van der Waals surface area contributed by atoms with Crippen LogP contribution in [0.25, 0.3) is 0 Å². The number of para-hydroxylation sites is 2. The largest absolute Gasteiger partial charge is 0.322 e. The van der Waals surface area contributed by atoms with Crippen molar-refractivity contribution in [1.82, 2.24) is 4.67 Å². The predicted molar refractivity (Wildman–Crippen MR) is 187 cm³/mol. The van der Waals surface area contributed by atoms with E-state index in [1.165, 1.54) is 48.5 Å². The monoisotopic (exact) mass is 668 g/mol. The molecule has 3 rings (SSSR count). The average molecular weight is 669 g/mol. The summed E-state index contributed by atoms with van der Waals surface area (Å²) in [6.07, 6.45) is 5.00. The maximum Gasteiger partial charge on any atom is 0.275 e. The van der Waals surface area contributed by atoms with Gasteiger partial charge in [-0.05, 0) is 72.6 Å². The number of allylic oxidation sites excluding steroid dienone is 3. The molecule has 0 radical (unpaired) electrons. The number of nitro benzene ring substituents is 3. The summed E-state index contributed by atoms with van der Waals surface area (Å²) in [5.74, 6) is 0. The molecule has 0 saturated heterocycles. The Morgan fingerprint density at radius 1 is 0.745 bits per heavy atom. The molecule has 0 saturated carbocycles. The number of nitrogens with zero attached hydrogens (tertiary/aromatic N) is 4. The van der Waals surface area contributed by atoms with Crippen LogP contribution in [0, 0.1) is 30.3 Å². The van der Waals surface area contributed by atoms with Crippen molar-refractivity contribution in [2.45, 2.75) is 73.1 Å². The highest BCUT2D eigenvalue weighted by atomic mass is 31.2. The molecule has 0 bridgehead atoms. The zero-order chi connectivity index (χ0) is 35.5. The van der Waals surface area contributed by atoms with Crippen LogP contribution in [0.5, 0.6) is 0 Å².